The van der Waals surface area contributed by atoms with Crippen LogP contribution >= 0.6 is 11.3 Å². The van der Waals surface area contributed by atoms with Gasteiger partial charge in [0.15, 0.2) is 5.82 Å². The maximum absolute atomic E-state index is 5.25. The average molecular weight is 579 g/mol. The smallest absolute Gasteiger partial charge is 0.160 e. The maximum Gasteiger partial charge on any atom is 0.160 e. The molecule has 4 nitrogen and oxygen atoms in total. The van der Waals surface area contributed by atoms with Gasteiger partial charge in [0.2, 0.25) is 0 Å². The van der Waals surface area contributed by atoms with Crippen LogP contribution in [0.5, 0.6) is 0 Å². The third-order valence-corrected chi connectivity index (χ3v) is 9.72. The largest absolute Gasteiger partial charge is 0.308 e. The van der Waals surface area contributed by atoms with Crippen LogP contribution in [0.1, 0.15) is 0 Å². The topological polar surface area (TPSA) is 43.1 Å². The van der Waals surface area contributed by atoms with E-state index < -0.39 is 0 Å². The Hall–Kier alpha value is -5.65. The van der Waals surface area contributed by atoms with Crippen LogP contribution in [-0.2, 0) is 0 Å². The van der Waals surface area contributed by atoms with Crippen molar-refractivity contribution in [2.45, 2.75) is 0 Å². The number of nitrogens with zero attached hydrogens (tertiary/aromatic N) is 4. The van der Waals surface area contributed by atoms with E-state index in [-0.39, 0.29) is 0 Å². The number of thiazole rings is 1. The van der Waals surface area contributed by atoms with Gasteiger partial charge in [-0.3, -0.25) is 0 Å². The van der Waals surface area contributed by atoms with E-state index in [1.54, 1.807) is 11.3 Å². The fourth-order valence-electron chi connectivity index (χ4n) is 6.92. The third-order valence-electron chi connectivity index (χ3n) is 8.87. The van der Waals surface area contributed by atoms with Gasteiger partial charge >= 0.3 is 0 Å². The van der Waals surface area contributed by atoms with Crippen LogP contribution in [0.4, 0.5) is 0 Å². The summed E-state index contributed by atoms with van der Waals surface area (Å²) in [6.07, 6.45) is 0. The van der Waals surface area contributed by atoms with E-state index >= 15 is 0 Å². The molecule has 4 heterocycles. The molecule has 10 rings (SSSR count). The number of para-hydroxylation sites is 2. The van der Waals surface area contributed by atoms with E-state index in [0.29, 0.717) is 0 Å². The second-order valence-electron chi connectivity index (χ2n) is 11.3. The van der Waals surface area contributed by atoms with E-state index in [1.165, 1.54) is 53.9 Å². The SMILES string of the molecule is c1ccc(-c2cccc(-c3nc(-c4ccc5c(c4)c4cc6ncsc6c6c7ccccc7n5c46)nc4ccccc34)c2)cc1. The first-order valence-corrected chi connectivity index (χ1v) is 15.6. The molecule has 0 unspecified atom stereocenters. The van der Waals surface area contributed by atoms with Crippen LogP contribution in [-0.4, -0.2) is 19.4 Å². The predicted molar refractivity (Wildman–Crippen MR) is 184 cm³/mol. The van der Waals surface area contributed by atoms with Crippen LogP contribution in [0.15, 0.2) is 133 Å². The highest BCUT2D eigenvalue weighted by atomic mass is 32.1. The van der Waals surface area contributed by atoms with E-state index in [9.17, 15) is 0 Å². The summed E-state index contributed by atoms with van der Waals surface area (Å²) in [5.74, 6) is 0.721. The highest BCUT2D eigenvalue weighted by molar-refractivity contribution is 7.18. The minimum absolute atomic E-state index is 0.721. The summed E-state index contributed by atoms with van der Waals surface area (Å²) in [5.41, 5.74) is 13.0. The second-order valence-corrected chi connectivity index (χ2v) is 12.1. The molecule has 44 heavy (non-hydrogen) atoms. The summed E-state index contributed by atoms with van der Waals surface area (Å²) in [7, 11) is 0. The molecule has 0 aliphatic heterocycles. The van der Waals surface area contributed by atoms with E-state index in [4.69, 9.17) is 15.0 Å². The molecule has 4 aromatic heterocycles. The Morgan fingerprint density at radius 2 is 1.27 bits per heavy atom. The highest BCUT2D eigenvalue weighted by Gasteiger charge is 2.21. The zero-order valence-electron chi connectivity index (χ0n) is 23.4. The van der Waals surface area contributed by atoms with Gasteiger partial charge < -0.3 is 4.40 Å². The first-order valence-electron chi connectivity index (χ1n) is 14.7. The Morgan fingerprint density at radius 3 is 2.20 bits per heavy atom. The summed E-state index contributed by atoms with van der Waals surface area (Å²) in [5, 5.41) is 6.00. The predicted octanol–water partition coefficient (Wildman–Crippen LogP) is 10.4. The third kappa shape index (κ3) is 3.30. The molecule has 0 saturated carbocycles. The van der Waals surface area contributed by atoms with Gasteiger partial charge in [-0.05, 0) is 53.6 Å². The van der Waals surface area contributed by atoms with Crippen molar-refractivity contribution in [3.8, 4) is 33.8 Å². The first-order chi connectivity index (χ1) is 21.8. The summed E-state index contributed by atoms with van der Waals surface area (Å²) >= 11 is 1.72. The van der Waals surface area contributed by atoms with Crippen LogP contribution in [0.2, 0.25) is 0 Å². The molecule has 5 heteroatoms. The summed E-state index contributed by atoms with van der Waals surface area (Å²) in [4.78, 5) is 15.1. The van der Waals surface area contributed by atoms with Gasteiger partial charge in [0, 0.05) is 38.1 Å². The molecular formula is C39H22N4S. The minimum atomic E-state index is 0.721. The molecule has 0 fully saturated rings. The van der Waals surface area contributed by atoms with Crippen molar-refractivity contribution in [3.63, 3.8) is 0 Å². The van der Waals surface area contributed by atoms with E-state index in [0.717, 1.165) is 39.1 Å². The molecule has 0 N–H and O–H groups in total. The van der Waals surface area contributed by atoms with Gasteiger partial charge in [-0.15, -0.1) is 11.3 Å². The Labute approximate surface area is 255 Å². The van der Waals surface area contributed by atoms with Crippen LogP contribution in [0.3, 0.4) is 0 Å². The highest BCUT2D eigenvalue weighted by Crippen LogP contribution is 2.44. The second kappa shape index (κ2) is 8.93. The van der Waals surface area contributed by atoms with Gasteiger partial charge in [-0.25, -0.2) is 15.0 Å². The normalized spacial score (nSPS) is 12.1. The Morgan fingerprint density at radius 1 is 0.500 bits per heavy atom. The Bertz CT molecular complexity index is 2720. The molecule has 0 radical (unpaired) electrons. The molecule has 0 saturated heterocycles. The number of aromatic nitrogens is 4. The molecule has 0 amide bonds. The monoisotopic (exact) mass is 578 g/mol. The zero-order valence-corrected chi connectivity index (χ0v) is 24.2. The first kappa shape index (κ1) is 23.9. The average Bonchev–Trinajstić information content (AvgIpc) is 3.79. The van der Waals surface area contributed by atoms with Crippen molar-refractivity contribution in [2.24, 2.45) is 0 Å². The van der Waals surface area contributed by atoms with Crippen LogP contribution < -0.4 is 0 Å². The number of hydrogen-bond acceptors (Lipinski definition) is 4. The van der Waals surface area contributed by atoms with Gasteiger partial charge in [0.1, 0.15) is 0 Å². The molecule has 0 spiro atoms. The summed E-state index contributed by atoms with van der Waals surface area (Å²) in [6.45, 7) is 0. The number of benzene rings is 6. The lowest BCUT2D eigenvalue weighted by atomic mass is 9.99. The van der Waals surface area contributed by atoms with Crippen LogP contribution in [0, 0.1) is 0 Å². The van der Waals surface area contributed by atoms with E-state index in [2.05, 4.69) is 120 Å². The minimum Gasteiger partial charge on any atom is -0.308 e. The van der Waals surface area contributed by atoms with E-state index in [1.807, 2.05) is 17.6 Å². The lowest BCUT2D eigenvalue weighted by Gasteiger charge is -2.11. The molecule has 10 aromatic rings. The summed E-state index contributed by atoms with van der Waals surface area (Å²) in [6, 6.07) is 45.0. The van der Waals surface area contributed by atoms with Crippen molar-refractivity contribution in [1.29, 1.82) is 0 Å². The molecule has 204 valence electrons. The molecule has 0 aliphatic rings. The molecule has 0 atom stereocenters. The van der Waals surface area contributed by atoms with Gasteiger partial charge in [-0.2, -0.15) is 0 Å². The van der Waals surface area contributed by atoms with Gasteiger partial charge in [-0.1, -0.05) is 84.9 Å². The van der Waals surface area contributed by atoms with Crippen molar-refractivity contribution in [3.05, 3.63) is 133 Å². The van der Waals surface area contributed by atoms with Crippen molar-refractivity contribution in [2.75, 3.05) is 0 Å². The van der Waals surface area contributed by atoms with Gasteiger partial charge in [0.25, 0.3) is 0 Å². The zero-order chi connectivity index (χ0) is 28.8. The molecule has 0 aliphatic carbocycles. The standard InChI is InChI=1S/C39H22N4S/c1-2-9-23(10-3-1)24-11-8-12-25(19-24)36-27-13-4-6-15-31(27)41-39(42-36)26-17-18-34-29(20-26)30-21-32-38(44-22-40-32)35-28-14-5-7-16-33(28)43(34)37(30)35/h1-22H. The summed E-state index contributed by atoms with van der Waals surface area (Å²) < 4.78 is 3.66. The van der Waals surface area contributed by atoms with Gasteiger partial charge in [0.05, 0.1) is 43.5 Å². The number of hydrogen-bond donors (Lipinski definition) is 0. The number of fused-ring (bicyclic) bond motifs is 9. The maximum atomic E-state index is 5.25. The van der Waals surface area contributed by atoms with Crippen LogP contribution in [0.25, 0.3) is 93.0 Å². The molecular weight excluding hydrogens is 557 g/mol. The lowest BCUT2D eigenvalue weighted by Crippen LogP contribution is -1.95. The Balaban J connectivity index is 1.23. The fourth-order valence-corrected chi connectivity index (χ4v) is 7.75. The fraction of sp³-hybridized carbons (Fsp3) is 0. The van der Waals surface area contributed by atoms with Crippen molar-refractivity contribution >= 4 is 70.6 Å². The molecule has 0 bridgehead atoms. The molecule has 6 aromatic carbocycles. The van der Waals surface area contributed by atoms with Crippen molar-refractivity contribution in [1.82, 2.24) is 19.4 Å². The lowest BCUT2D eigenvalue weighted by molar-refractivity contribution is 1.23. The Kier molecular flexibility index (Phi) is 4.84. The number of rotatable bonds is 3. The quantitative estimate of drug-likeness (QED) is 0.209. The van der Waals surface area contributed by atoms with Crippen molar-refractivity contribution < 1.29 is 0 Å².